The number of anilines is 1. The summed E-state index contributed by atoms with van der Waals surface area (Å²) in [6, 6.07) is 5.33. The Hall–Kier alpha value is -1.31. The van der Waals surface area contributed by atoms with E-state index in [-0.39, 0.29) is 10.9 Å². The Morgan fingerprint density at radius 3 is 2.89 bits per heavy atom. The summed E-state index contributed by atoms with van der Waals surface area (Å²) in [5, 5.41) is 2.76. The number of carbonyl (C=O) groups excluding carboxylic acids is 1. The number of aromatic nitrogens is 1. The fraction of sp³-hybridized carbons (Fsp3) is 0. The zero-order chi connectivity index (χ0) is 13.1. The van der Waals surface area contributed by atoms with Crippen molar-refractivity contribution in [2.24, 2.45) is 5.73 Å². The number of nitrogens with two attached hydrogens (primary N) is 1. The molecule has 0 aliphatic rings. The summed E-state index contributed by atoms with van der Waals surface area (Å²) in [6.45, 7) is 0. The Labute approximate surface area is 121 Å². The molecule has 2 rings (SSSR count). The van der Waals surface area contributed by atoms with Crippen molar-refractivity contribution in [1.82, 2.24) is 4.98 Å². The fourth-order valence-corrected chi connectivity index (χ4v) is 2.39. The molecule has 0 bridgehead atoms. The maximum absolute atomic E-state index is 11.9. The highest BCUT2D eigenvalue weighted by Gasteiger charge is 2.12. The molecule has 0 aliphatic heterocycles. The number of nitrogens with zero attached hydrogens (tertiary/aromatic N) is 1. The minimum absolute atomic E-state index is 0.225. The standard InChI is InChI=1S/C11H8BrN3OS2/c12-6-1-2-8(7(3-6)10(13)17)15-11(16)9-4-14-5-18-9/h1-5H,(H2,13,17)(H,15,16). The molecule has 1 aromatic carbocycles. The summed E-state index contributed by atoms with van der Waals surface area (Å²) < 4.78 is 0.848. The first-order chi connectivity index (χ1) is 8.58. The lowest BCUT2D eigenvalue weighted by Gasteiger charge is -2.09. The van der Waals surface area contributed by atoms with Gasteiger partial charge in [0, 0.05) is 10.0 Å². The second-order valence-electron chi connectivity index (χ2n) is 3.37. The molecule has 18 heavy (non-hydrogen) atoms. The number of carbonyl (C=O) groups is 1. The third kappa shape index (κ3) is 2.92. The van der Waals surface area contributed by atoms with E-state index in [0.717, 1.165) is 4.47 Å². The number of halogens is 1. The number of thiocarbonyl (C=S) groups is 1. The Balaban J connectivity index is 2.29. The van der Waals surface area contributed by atoms with Crippen molar-refractivity contribution in [3.63, 3.8) is 0 Å². The first-order valence-corrected chi connectivity index (χ1v) is 6.95. The lowest BCUT2D eigenvalue weighted by Crippen LogP contribution is -2.17. The summed E-state index contributed by atoms with van der Waals surface area (Å²) >= 11 is 9.56. The molecule has 1 amide bonds. The van der Waals surface area contributed by atoms with E-state index in [1.807, 2.05) is 6.07 Å². The average molecular weight is 342 g/mol. The summed E-state index contributed by atoms with van der Waals surface area (Å²) in [4.78, 5) is 16.5. The fourth-order valence-electron chi connectivity index (χ4n) is 1.34. The molecule has 1 aromatic heterocycles. The predicted molar refractivity (Wildman–Crippen MR) is 80.1 cm³/mol. The van der Waals surface area contributed by atoms with Crippen molar-refractivity contribution in [2.75, 3.05) is 5.32 Å². The van der Waals surface area contributed by atoms with Gasteiger partial charge in [0.1, 0.15) is 9.87 Å². The molecule has 0 radical (unpaired) electrons. The van der Waals surface area contributed by atoms with Crippen LogP contribution in [0.1, 0.15) is 15.2 Å². The van der Waals surface area contributed by atoms with Crippen molar-refractivity contribution >= 4 is 56.1 Å². The van der Waals surface area contributed by atoms with Gasteiger partial charge in [0.05, 0.1) is 17.4 Å². The van der Waals surface area contributed by atoms with Gasteiger partial charge >= 0.3 is 0 Å². The summed E-state index contributed by atoms with van der Waals surface area (Å²) in [7, 11) is 0. The van der Waals surface area contributed by atoms with Crippen LogP contribution in [-0.2, 0) is 0 Å². The molecule has 2 aromatic rings. The van der Waals surface area contributed by atoms with Gasteiger partial charge in [-0.2, -0.15) is 0 Å². The Bertz CT molecular complexity index is 598. The number of thiazole rings is 1. The van der Waals surface area contributed by atoms with Crippen molar-refractivity contribution < 1.29 is 4.79 Å². The Morgan fingerprint density at radius 1 is 1.50 bits per heavy atom. The van der Waals surface area contributed by atoms with Gasteiger partial charge in [-0.05, 0) is 18.2 Å². The van der Waals surface area contributed by atoms with E-state index in [2.05, 4.69) is 26.2 Å². The van der Waals surface area contributed by atoms with Crippen LogP contribution in [-0.4, -0.2) is 15.9 Å². The van der Waals surface area contributed by atoms with Crippen LogP contribution in [0.4, 0.5) is 5.69 Å². The van der Waals surface area contributed by atoms with E-state index >= 15 is 0 Å². The van der Waals surface area contributed by atoms with Crippen LogP contribution >= 0.6 is 39.5 Å². The molecule has 92 valence electrons. The molecule has 0 spiro atoms. The highest BCUT2D eigenvalue weighted by Crippen LogP contribution is 2.22. The Kier molecular flexibility index (Phi) is 4.05. The van der Waals surface area contributed by atoms with E-state index in [4.69, 9.17) is 18.0 Å². The molecular weight excluding hydrogens is 334 g/mol. The molecule has 0 saturated carbocycles. The number of hydrogen-bond acceptors (Lipinski definition) is 4. The molecule has 0 atom stereocenters. The molecule has 0 saturated heterocycles. The topological polar surface area (TPSA) is 68.0 Å². The van der Waals surface area contributed by atoms with Crippen molar-refractivity contribution in [1.29, 1.82) is 0 Å². The van der Waals surface area contributed by atoms with E-state index in [1.165, 1.54) is 17.5 Å². The molecule has 0 aliphatic carbocycles. The molecule has 4 nitrogen and oxygen atoms in total. The second kappa shape index (κ2) is 5.55. The number of hydrogen-bond donors (Lipinski definition) is 2. The van der Waals surface area contributed by atoms with Gasteiger partial charge in [0.2, 0.25) is 0 Å². The van der Waals surface area contributed by atoms with Gasteiger partial charge in [-0.3, -0.25) is 9.78 Å². The third-order valence-corrected chi connectivity index (χ3v) is 3.64. The SMILES string of the molecule is NC(=S)c1cc(Br)ccc1NC(=O)c1cncs1. The maximum Gasteiger partial charge on any atom is 0.267 e. The van der Waals surface area contributed by atoms with Crippen LogP contribution < -0.4 is 11.1 Å². The molecule has 0 unspecified atom stereocenters. The average Bonchev–Trinajstić information content (AvgIpc) is 2.84. The lowest BCUT2D eigenvalue weighted by atomic mass is 10.2. The van der Waals surface area contributed by atoms with Gasteiger partial charge < -0.3 is 11.1 Å². The third-order valence-electron chi connectivity index (χ3n) is 2.15. The van der Waals surface area contributed by atoms with Crippen LogP contribution in [0.3, 0.4) is 0 Å². The minimum atomic E-state index is -0.225. The largest absolute Gasteiger partial charge is 0.389 e. The van der Waals surface area contributed by atoms with Crippen LogP contribution in [0, 0.1) is 0 Å². The molecule has 7 heteroatoms. The van der Waals surface area contributed by atoms with Gasteiger partial charge in [-0.1, -0.05) is 28.1 Å². The van der Waals surface area contributed by atoms with Crippen LogP contribution in [0.2, 0.25) is 0 Å². The minimum Gasteiger partial charge on any atom is -0.389 e. The summed E-state index contributed by atoms with van der Waals surface area (Å²) in [6.07, 6.45) is 1.51. The van der Waals surface area contributed by atoms with Crippen molar-refractivity contribution in [3.05, 3.63) is 44.8 Å². The summed E-state index contributed by atoms with van der Waals surface area (Å²) in [5.41, 5.74) is 8.44. The molecule has 3 N–H and O–H groups in total. The smallest absolute Gasteiger partial charge is 0.267 e. The number of rotatable bonds is 3. The van der Waals surface area contributed by atoms with Crippen LogP contribution in [0.5, 0.6) is 0 Å². The first-order valence-electron chi connectivity index (χ1n) is 4.87. The van der Waals surface area contributed by atoms with Gasteiger partial charge in [0.15, 0.2) is 0 Å². The number of nitrogens with one attached hydrogen (secondary N) is 1. The van der Waals surface area contributed by atoms with Gasteiger partial charge in [0.25, 0.3) is 5.91 Å². The van der Waals surface area contributed by atoms with Crippen molar-refractivity contribution in [2.45, 2.75) is 0 Å². The molecular formula is C11H8BrN3OS2. The highest BCUT2D eigenvalue weighted by molar-refractivity contribution is 9.10. The van der Waals surface area contributed by atoms with E-state index < -0.39 is 0 Å². The van der Waals surface area contributed by atoms with E-state index in [9.17, 15) is 4.79 Å². The number of amides is 1. The molecule has 1 heterocycles. The van der Waals surface area contributed by atoms with Crippen LogP contribution in [0.15, 0.2) is 34.4 Å². The Morgan fingerprint density at radius 2 is 2.28 bits per heavy atom. The van der Waals surface area contributed by atoms with Crippen LogP contribution in [0.25, 0.3) is 0 Å². The predicted octanol–water partition coefficient (Wildman–Crippen LogP) is 2.79. The zero-order valence-corrected chi connectivity index (χ0v) is 12.2. The number of benzene rings is 1. The zero-order valence-electron chi connectivity index (χ0n) is 9.01. The van der Waals surface area contributed by atoms with E-state index in [0.29, 0.717) is 16.1 Å². The normalized spacial score (nSPS) is 10.1. The quantitative estimate of drug-likeness (QED) is 0.842. The molecule has 0 fully saturated rings. The van der Waals surface area contributed by atoms with Crippen molar-refractivity contribution in [3.8, 4) is 0 Å². The van der Waals surface area contributed by atoms with E-state index in [1.54, 1.807) is 17.6 Å². The highest BCUT2D eigenvalue weighted by atomic mass is 79.9. The van der Waals surface area contributed by atoms with Gasteiger partial charge in [-0.25, -0.2) is 0 Å². The maximum atomic E-state index is 11.9. The second-order valence-corrected chi connectivity index (χ2v) is 5.62. The lowest BCUT2D eigenvalue weighted by molar-refractivity contribution is 0.103. The monoisotopic (exact) mass is 341 g/mol. The first kappa shape index (κ1) is 13.1. The summed E-state index contributed by atoms with van der Waals surface area (Å²) in [5.74, 6) is -0.225. The van der Waals surface area contributed by atoms with Gasteiger partial charge in [-0.15, -0.1) is 11.3 Å².